The predicted molar refractivity (Wildman–Crippen MR) is 108 cm³/mol. The molecule has 1 atom stereocenters. The van der Waals surface area contributed by atoms with Crippen molar-refractivity contribution >= 4 is 34.4 Å². The third-order valence-corrected chi connectivity index (χ3v) is 4.74. The summed E-state index contributed by atoms with van der Waals surface area (Å²) in [6, 6.07) is 1.64. The Morgan fingerprint density at radius 3 is 2.70 bits per heavy atom. The minimum Gasteiger partial charge on any atom is -0.354 e. The van der Waals surface area contributed by atoms with Crippen LogP contribution in [-0.4, -0.2) is 44.1 Å². The molecular formula is C18H21ClF4N6O. The Morgan fingerprint density at radius 2 is 2.03 bits per heavy atom. The van der Waals surface area contributed by atoms with Gasteiger partial charge in [0.05, 0.1) is 11.2 Å². The molecule has 164 valence electrons. The number of hydrogen-bond donors (Lipinski definition) is 3. The van der Waals surface area contributed by atoms with E-state index in [4.69, 9.17) is 11.6 Å². The van der Waals surface area contributed by atoms with Crippen LogP contribution in [0.4, 0.5) is 23.4 Å². The average molecular weight is 449 g/mol. The molecule has 0 radical (unpaired) electrons. The van der Waals surface area contributed by atoms with Crippen molar-refractivity contribution in [3.05, 3.63) is 35.5 Å². The lowest BCUT2D eigenvalue weighted by molar-refractivity contribution is -0.140. The number of carbonyl (C=O) groups excluding carboxylic acids is 1. The zero-order chi connectivity index (χ0) is 22.1. The first-order valence-electron chi connectivity index (χ1n) is 8.81. The van der Waals surface area contributed by atoms with Gasteiger partial charge in [-0.15, -0.1) is 0 Å². The third-order valence-electron chi connectivity index (χ3n) is 4.53. The summed E-state index contributed by atoms with van der Waals surface area (Å²) >= 11 is 5.98. The molecule has 0 aliphatic carbocycles. The first-order valence-corrected chi connectivity index (χ1v) is 9.19. The Morgan fingerprint density at radius 1 is 1.30 bits per heavy atom. The van der Waals surface area contributed by atoms with Gasteiger partial charge < -0.3 is 15.6 Å². The van der Waals surface area contributed by atoms with Crippen LogP contribution in [0.1, 0.15) is 23.1 Å². The fourth-order valence-corrected chi connectivity index (χ4v) is 2.85. The summed E-state index contributed by atoms with van der Waals surface area (Å²) in [7, 11) is 0. The molecule has 30 heavy (non-hydrogen) atoms. The highest BCUT2D eigenvalue weighted by atomic mass is 35.5. The first kappa shape index (κ1) is 21.8. The van der Waals surface area contributed by atoms with E-state index < -0.39 is 30.0 Å². The highest BCUT2D eigenvalue weighted by molar-refractivity contribution is 6.31. The number of halogens is 5. The van der Waals surface area contributed by atoms with Crippen molar-refractivity contribution in [3.8, 4) is 11.4 Å². The topological polar surface area (TPSA) is 95.6 Å². The normalized spacial score (nSPS) is 13.8. The molecule has 12 heteroatoms. The predicted octanol–water partition coefficient (Wildman–Crippen LogP) is 4.56. The molecule has 0 bridgehead atoms. The SMILES string of the molecule is CC[C@@](C)(Nc1nc(-c2c[nH]c3ncc(Cl)cc23)ncc1F)C(=O)NCC(F)(F)F.[HH].[HH]. The number of H-pyrrole nitrogens is 1. The number of nitrogens with zero attached hydrogens (tertiary/aromatic N) is 3. The van der Waals surface area contributed by atoms with E-state index in [2.05, 4.69) is 25.3 Å². The Balaban J connectivity index is 0.00000256. The number of pyridine rings is 1. The van der Waals surface area contributed by atoms with Crippen molar-refractivity contribution in [2.75, 3.05) is 11.9 Å². The lowest BCUT2D eigenvalue weighted by Crippen LogP contribution is -2.52. The maximum absolute atomic E-state index is 14.4. The number of fused-ring (bicyclic) bond motifs is 1. The van der Waals surface area contributed by atoms with Crippen molar-refractivity contribution in [3.63, 3.8) is 0 Å². The van der Waals surface area contributed by atoms with Crippen LogP contribution in [-0.2, 0) is 4.79 Å². The number of amides is 1. The lowest BCUT2D eigenvalue weighted by Gasteiger charge is -2.29. The van der Waals surface area contributed by atoms with Crippen molar-refractivity contribution in [2.24, 2.45) is 0 Å². The molecule has 0 saturated carbocycles. The smallest absolute Gasteiger partial charge is 0.354 e. The minimum absolute atomic E-state index is 0. The molecule has 1 amide bonds. The summed E-state index contributed by atoms with van der Waals surface area (Å²) in [4.78, 5) is 27.5. The molecule has 0 aliphatic rings. The van der Waals surface area contributed by atoms with Gasteiger partial charge in [-0.25, -0.2) is 19.3 Å². The summed E-state index contributed by atoms with van der Waals surface area (Å²) in [5.41, 5.74) is -0.535. The van der Waals surface area contributed by atoms with Crippen LogP contribution in [0.5, 0.6) is 0 Å². The summed E-state index contributed by atoms with van der Waals surface area (Å²) in [5.74, 6) is -2.01. The van der Waals surface area contributed by atoms with Crippen LogP contribution in [0.15, 0.2) is 24.7 Å². The molecule has 7 nitrogen and oxygen atoms in total. The highest BCUT2D eigenvalue weighted by Crippen LogP contribution is 2.29. The van der Waals surface area contributed by atoms with Gasteiger partial charge in [-0.2, -0.15) is 13.2 Å². The molecule has 0 aromatic carbocycles. The molecule has 0 spiro atoms. The highest BCUT2D eigenvalue weighted by Gasteiger charge is 2.36. The van der Waals surface area contributed by atoms with Crippen LogP contribution >= 0.6 is 11.6 Å². The van der Waals surface area contributed by atoms with E-state index in [1.54, 1.807) is 24.5 Å². The third kappa shape index (κ3) is 4.61. The summed E-state index contributed by atoms with van der Waals surface area (Å²) < 4.78 is 51.7. The van der Waals surface area contributed by atoms with E-state index in [9.17, 15) is 22.4 Å². The Bertz CT molecular complexity index is 1100. The van der Waals surface area contributed by atoms with E-state index in [1.807, 2.05) is 0 Å². The average Bonchev–Trinajstić information content (AvgIpc) is 3.10. The molecular weight excluding hydrogens is 428 g/mol. The standard InChI is InChI=1S/C18H17ClF4N6O.2H2/c1-3-17(2,16(30)27-8-18(21,22)23)29-15-12(20)7-26-14(28-15)11-6-25-13-10(11)4-9(19)5-24-13;;/h4-7H,3,8H2,1-2H3,(H,24,25)(H,27,30)(H,26,28,29);2*1H/t17-;;/m1../s1. The first-order chi connectivity index (χ1) is 14.0. The molecule has 0 unspecified atom stereocenters. The number of carbonyl (C=O) groups is 1. The van der Waals surface area contributed by atoms with E-state index in [0.29, 0.717) is 21.6 Å². The monoisotopic (exact) mass is 448 g/mol. The van der Waals surface area contributed by atoms with E-state index in [0.717, 1.165) is 6.20 Å². The van der Waals surface area contributed by atoms with Gasteiger partial charge in [0.1, 0.15) is 17.7 Å². The van der Waals surface area contributed by atoms with Gasteiger partial charge in [-0.1, -0.05) is 18.5 Å². The van der Waals surface area contributed by atoms with E-state index in [1.165, 1.54) is 13.1 Å². The molecule has 3 aromatic heterocycles. The van der Waals surface area contributed by atoms with Crippen molar-refractivity contribution in [1.29, 1.82) is 0 Å². The molecule has 3 aromatic rings. The molecule has 3 rings (SSSR count). The quantitative estimate of drug-likeness (QED) is 0.480. The van der Waals surface area contributed by atoms with Gasteiger partial charge >= 0.3 is 6.18 Å². The van der Waals surface area contributed by atoms with Gasteiger partial charge in [0.25, 0.3) is 0 Å². The van der Waals surface area contributed by atoms with Crippen LogP contribution in [0.25, 0.3) is 22.4 Å². The second kappa shape index (κ2) is 8.05. The number of alkyl halides is 3. The fraction of sp³-hybridized carbons (Fsp3) is 0.333. The van der Waals surface area contributed by atoms with Crippen LogP contribution < -0.4 is 10.6 Å². The number of nitrogens with one attached hydrogen (secondary N) is 3. The number of aromatic nitrogens is 4. The van der Waals surface area contributed by atoms with Crippen LogP contribution in [0.3, 0.4) is 0 Å². The summed E-state index contributed by atoms with van der Waals surface area (Å²) in [6.07, 6.45) is -0.565. The lowest BCUT2D eigenvalue weighted by atomic mass is 9.97. The van der Waals surface area contributed by atoms with E-state index in [-0.39, 0.29) is 20.9 Å². The molecule has 3 heterocycles. The maximum Gasteiger partial charge on any atom is 0.405 e. The van der Waals surface area contributed by atoms with Crippen LogP contribution in [0, 0.1) is 5.82 Å². The van der Waals surface area contributed by atoms with Crippen molar-refractivity contribution in [1.82, 2.24) is 25.3 Å². The Kier molecular flexibility index (Phi) is 5.84. The molecule has 3 N–H and O–H groups in total. The number of anilines is 1. The fourth-order valence-electron chi connectivity index (χ4n) is 2.69. The second-order valence-electron chi connectivity index (χ2n) is 6.75. The molecule has 0 saturated heterocycles. The number of rotatable bonds is 6. The van der Waals surface area contributed by atoms with Crippen molar-refractivity contribution in [2.45, 2.75) is 32.0 Å². The van der Waals surface area contributed by atoms with Gasteiger partial charge in [0, 0.05) is 26.2 Å². The zero-order valence-electron chi connectivity index (χ0n) is 15.9. The minimum atomic E-state index is -4.57. The van der Waals surface area contributed by atoms with Crippen LogP contribution in [0.2, 0.25) is 5.02 Å². The van der Waals surface area contributed by atoms with E-state index >= 15 is 0 Å². The maximum atomic E-state index is 14.4. The zero-order valence-corrected chi connectivity index (χ0v) is 16.6. The number of hydrogen-bond acceptors (Lipinski definition) is 5. The van der Waals surface area contributed by atoms with Gasteiger partial charge in [0.2, 0.25) is 5.91 Å². The number of aromatic amines is 1. The van der Waals surface area contributed by atoms with Gasteiger partial charge in [-0.3, -0.25) is 4.79 Å². The molecule has 0 fully saturated rings. The Labute approximate surface area is 176 Å². The summed E-state index contributed by atoms with van der Waals surface area (Å²) in [5, 5.41) is 5.40. The largest absolute Gasteiger partial charge is 0.405 e. The molecule has 0 aliphatic heterocycles. The van der Waals surface area contributed by atoms with Gasteiger partial charge in [0.15, 0.2) is 17.5 Å². The Hall–Kier alpha value is -2.95. The summed E-state index contributed by atoms with van der Waals surface area (Å²) in [6.45, 7) is 1.44. The van der Waals surface area contributed by atoms with Gasteiger partial charge in [-0.05, 0) is 19.4 Å². The second-order valence-corrected chi connectivity index (χ2v) is 7.19. The van der Waals surface area contributed by atoms with Crippen molar-refractivity contribution < 1.29 is 25.2 Å².